The molecule has 5 rings (SSSR count). The predicted octanol–water partition coefficient (Wildman–Crippen LogP) is 6.31. The molecular formula is C22H16N2. The van der Waals surface area contributed by atoms with Crippen LogP contribution < -0.4 is 10.6 Å². The van der Waals surface area contributed by atoms with E-state index in [9.17, 15) is 0 Å². The monoisotopic (exact) mass is 308 g/mol. The van der Waals surface area contributed by atoms with E-state index < -0.39 is 0 Å². The maximum atomic E-state index is 3.61. The second-order valence-electron chi connectivity index (χ2n) is 6.05. The Hall–Kier alpha value is -3.26. The van der Waals surface area contributed by atoms with Crippen molar-refractivity contribution in [2.75, 3.05) is 10.6 Å². The van der Waals surface area contributed by atoms with Crippen LogP contribution in [0, 0.1) is 0 Å². The molecule has 0 radical (unpaired) electrons. The lowest BCUT2D eigenvalue weighted by Gasteiger charge is -2.25. The minimum absolute atomic E-state index is 1.11. The van der Waals surface area contributed by atoms with Crippen molar-refractivity contribution in [2.45, 2.75) is 0 Å². The second-order valence-corrected chi connectivity index (χ2v) is 6.05. The quantitative estimate of drug-likeness (QED) is 0.379. The molecular weight excluding hydrogens is 292 g/mol. The fourth-order valence-electron chi connectivity index (χ4n) is 3.46. The molecule has 0 unspecified atom stereocenters. The molecule has 0 saturated carbocycles. The van der Waals surface area contributed by atoms with Gasteiger partial charge in [0.15, 0.2) is 0 Å². The van der Waals surface area contributed by atoms with Crippen LogP contribution in [-0.2, 0) is 0 Å². The van der Waals surface area contributed by atoms with Gasteiger partial charge >= 0.3 is 0 Å². The van der Waals surface area contributed by atoms with E-state index in [4.69, 9.17) is 0 Å². The van der Waals surface area contributed by atoms with Crippen LogP contribution in [0.2, 0.25) is 0 Å². The largest absolute Gasteiger partial charge is 0.352 e. The summed E-state index contributed by atoms with van der Waals surface area (Å²) in [5.41, 5.74) is 6.93. The lowest BCUT2D eigenvalue weighted by Crippen LogP contribution is -2.07. The lowest BCUT2D eigenvalue weighted by atomic mass is 9.95. The summed E-state index contributed by atoms with van der Waals surface area (Å²) in [7, 11) is 0. The van der Waals surface area contributed by atoms with Crippen molar-refractivity contribution < 1.29 is 0 Å². The van der Waals surface area contributed by atoms with Crippen molar-refractivity contribution in [1.82, 2.24) is 0 Å². The molecule has 0 atom stereocenters. The van der Waals surface area contributed by atoms with Gasteiger partial charge in [-0.3, -0.25) is 0 Å². The number of rotatable bonds is 1. The minimum atomic E-state index is 1.11. The number of fused-ring (bicyclic) bond motifs is 3. The molecule has 24 heavy (non-hydrogen) atoms. The highest BCUT2D eigenvalue weighted by Crippen LogP contribution is 2.44. The summed E-state index contributed by atoms with van der Waals surface area (Å²) < 4.78 is 0. The van der Waals surface area contributed by atoms with Crippen molar-refractivity contribution in [1.29, 1.82) is 0 Å². The maximum Gasteiger partial charge on any atom is 0.0703 e. The van der Waals surface area contributed by atoms with Gasteiger partial charge in [0.25, 0.3) is 0 Å². The molecule has 0 aliphatic carbocycles. The molecule has 4 aromatic carbocycles. The highest BCUT2D eigenvalue weighted by molar-refractivity contribution is 6.04. The zero-order valence-electron chi connectivity index (χ0n) is 13.1. The van der Waals surface area contributed by atoms with E-state index in [-0.39, 0.29) is 0 Å². The van der Waals surface area contributed by atoms with Gasteiger partial charge in [0.2, 0.25) is 0 Å². The zero-order chi connectivity index (χ0) is 15.9. The summed E-state index contributed by atoms with van der Waals surface area (Å²) in [6.07, 6.45) is 0. The van der Waals surface area contributed by atoms with Crippen LogP contribution in [0.25, 0.3) is 21.9 Å². The first kappa shape index (κ1) is 13.2. The van der Waals surface area contributed by atoms with Crippen LogP contribution in [0.5, 0.6) is 0 Å². The van der Waals surface area contributed by atoms with Crippen LogP contribution in [0.4, 0.5) is 22.7 Å². The van der Waals surface area contributed by atoms with Gasteiger partial charge in [0.1, 0.15) is 0 Å². The van der Waals surface area contributed by atoms with Gasteiger partial charge in [-0.25, -0.2) is 0 Å². The smallest absolute Gasteiger partial charge is 0.0703 e. The van der Waals surface area contributed by atoms with Crippen molar-refractivity contribution in [3.8, 4) is 11.1 Å². The molecule has 0 saturated heterocycles. The van der Waals surface area contributed by atoms with E-state index in [1.54, 1.807) is 0 Å². The van der Waals surface area contributed by atoms with Crippen LogP contribution >= 0.6 is 0 Å². The van der Waals surface area contributed by atoms with Gasteiger partial charge in [-0.05, 0) is 34.5 Å². The first-order valence-corrected chi connectivity index (χ1v) is 8.14. The standard InChI is InChI=1S/C22H16N2/c1-2-9-16-15(7-1)8-5-10-17(16)18-11-6-14-21-22(18)24-20-13-4-3-12-19(20)23-21/h1-14,23-24H. The molecule has 114 valence electrons. The molecule has 2 nitrogen and oxygen atoms in total. The normalized spacial score (nSPS) is 12.0. The molecule has 0 fully saturated rings. The van der Waals surface area contributed by atoms with Crippen LogP contribution in [0.3, 0.4) is 0 Å². The van der Waals surface area contributed by atoms with E-state index in [1.807, 2.05) is 6.07 Å². The van der Waals surface area contributed by atoms with Gasteiger partial charge in [-0.1, -0.05) is 66.7 Å². The van der Waals surface area contributed by atoms with Gasteiger partial charge in [0.05, 0.1) is 22.7 Å². The van der Waals surface area contributed by atoms with Crippen molar-refractivity contribution in [3.05, 3.63) is 84.9 Å². The minimum Gasteiger partial charge on any atom is -0.352 e. The highest BCUT2D eigenvalue weighted by atomic mass is 15.0. The highest BCUT2D eigenvalue weighted by Gasteiger charge is 2.18. The Morgan fingerprint density at radius 1 is 0.458 bits per heavy atom. The molecule has 0 aromatic heterocycles. The topological polar surface area (TPSA) is 24.1 Å². The lowest BCUT2D eigenvalue weighted by molar-refractivity contribution is 1.45. The SMILES string of the molecule is c1ccc2c(c1)Nc1cccc(-c3cccc4ccccc34)c1N2. The molecule has 0 bridgehead atoms. The fourth-order valence-corrected chi connectivity index (χ4v) is 3.46. The van der Waals surface area contributed by atoms with E-state index in [0.29, 0.717) is 0 Å². The van der Waals surface area contributed by atoms with Gasteiger partial charge in [-0.15, -0.1) is 0 Å². The summed E-state index contributed by atoms with van der Waals surface area (Å²) in [6.45, 7) is 0. The van der Waals surface area contributed by atoms with Gasteiger partial charge < -0.3 is 10.6 Å². The molecule has 1 aliphatic heterocycles. The zero-order valence-corrected chi connectivity index (χ0v) is 13.1. The number of anilines is 4. The average molecular weight is 308 g/mol. The van der Waals surface area contributed by atoms with Crippen molar-refractivity contribution in [3.63, 3.8) is 0 Å². The third-order valence-corrected chi connectivity index (χ3v) is 4.60. The Labute approximate surface area is 140 Å². The average Bonchev–Trinajstić information content (AvgIpc) is 2.65. The maximum absolute atomic E-state index is 3.61. The molecule has 2 heteroatoms. The van der Waals surface area contributed by atoms with Gasteiger partial charge in [0, 0.05) is 5.56 Å². The Balaban J connectivity index is 1.74. The summed E-state index contributed by atoms with van der Waals surface area (Å²) in [5.74, 6) is 0. The Morgan fingerprint density at radius 3 is 2.00 bits per heavy atom. The van der Waals surface area contributed by atoms with E-state index >= 15 is 0 Å². The number of nitrogens with one attached hydrogen (secondary N) is 2. The third-order valence-electron chi connectivity index (χ3n) is 4.60. The summed E-state index contributed by atoms with van der Waals surface area (Å²) in [5, 5.41) is 9.68. The Kier molecular flexibility index (Phi) is 2.83. The van der Waals surface area contributed by atoms with E-state index in [0.717, 1.165) is 22.7 Å². The Bertz CT molecular complexity index is 1060. The molecule has 2 N–H and O–H groups in total. The predicted molar refractivity (Wildman–Crippen MR) is 102 cm³/mol. The molecule has 1 aliphatic rings. The number of hydrogen-bond donors (Lipinski definition) is 2. The first-order chi connectivity index (χ1) is 11.9. The fraction of sp³-hybridized carbons (Fsp3) is 0. The number of benzene rings is 4. The third kappa shape index (κ3) is 1.97. The summed E-state index contributed by atoms with van der Waals surface area (Å²) in [4.78, 5) is 0. The molecule has 0 spiro atoms. The van der Waals surface area contributed by atoms with Gasteiger partial charge in [-0.2, -0.15) is 0 Å². The molecule has 0 amide bonds. The molecule has 1 heterocycles. The summed E-state index contributed by atoms with van der Waals surface area (Å²) in [6, 6.07) is 29.7. The van der Waals surface area contributed by atoms with Crippen LogP contribution in [-0.4, -0.2) is 0 Å². The van der Waals surface area contributed by atoms with E-state index in [1.165, 1.54) is 21.9 Å². The van der Waals surface area contributed by atoms with Crippen molar-refractivity contribution in [2.24, 2.45) is 0 Å². The van der Waals surface area contributed by atoms with Crippen LogP contribution in [0.15, 0.2) is 84.9 Å². The van der Waals surface area contributed by atoms with Crippen LogP contribution in [0.1, 0.15) is 0 Å². The number of para-hydroxylation sites is 3. The Morgan fingerprint density at radius 2 is 1.08 bits per heavy atom. The first-order valence-electron chi connectivity index (χ1n) is 8.14. The number of hydrogen-bond acceptors (Lipinski definition) is 2. The van der Waals surface area contributed by atoms with E-state index in [2.05, 4.69) is 89.5 Å². The second kappa shape index (κ2) is 5.14. The van der Waals surface area contributed by atoms with Crippen molar-refractivity contribution >= 4 is 33.5 Å². The summed E-state index contributed by atoms with van der Waals surface area (Å²) >= 11 is 0. The molecule has 4 aromatic rings.